The van der Waals surface area contributed by atoms with Gasteiger partial charge in [-0.15, -0.1) is 0 Å². The molecule has 2 nitrogen and oxygen atoms in total. The van der Waals surface area contributed by atoms with Crippen molar-refractivity contribution in [1.82, 2.24) is 0 Å². The normalized spacial score (nSPS) is 13.0. The van der Waals surface area contributed by atoms with Crippen LogP contribution in [-0.4, -0.2) is 28.6 Å². The molecule has 0 unspecified atom stereocenters. The predicted octanol–water partition coefficient (Wildman–Crippen LogP) is 4.85. The average molecular weight is 275 g/mol. The third-order valence-corrected chi connectivity index (χ3v) is 4.39. The average Bonchev–Trinajstić information content (AvgIpc) is 2.30. The Labute approximate surface area is 116 Å². The Morgan fingerprint density at radius 3 is 1.72 bits per heavy atom. The van der Waals surface area contributed by atoms with E-state index >= 15 is 0 Å². The van der Waals surface area contributed by atoms with Crippen LogP contribution in [-0.2, 0) is 9.16 Å². The molecule has 0 amide bonds. The van der Waals surface area contributed by atoms with Crippen LogP contribution in [0, 0.1) is 5.41 Å². The minimum atomic E-state index is -1.43. The maximum atomic E-state index is 6.20. The van der Waals surface area contributed by atoms with E-state index in [4.69, 9.17) is 9.16 Å². The lowest BCUT2D eigenvalue weighted by molar-refractivity contribution is 0.0196. The first-order valence-corrected chi connectivity index (χ1v) is 10.9. The van der Waals surface area contributed by atoms with Gasteiger partial charge in [-0.2, -0.15) is 0 Å². The molecule has 0 bridgehead atoms. The van der Waals surface area contributed by atoms with Gasteiger partial charge < -0.3 is 9.16 Å². The Hall–Kier alpha value is 0.137. The SMILES string of the molecule is CCCCC(CCCC)(COC)CO[Si](C)(C)C. The fraction of sp³-hybridized carbons (Fsp3) is 1.00. The van der Waals surface area contributed by atoms with Crippen molar-refractivity contribution < 1.29 is 9.16 Å². The van der Waals surface area contributed by atoms with Crippen LogP contribution in [0.15, 0.2) is 0 Å². The molecule has 3 heteroatoms. The minimum Gasteiger partial charge on any atom is -0.417 e. The molecule has 0 aliphatic carbocycles. The molecule has 0 radical (unpaired) electrons. The standard InChI is InChI=1S/C15H34O2Si/c1-7-9-11-15(13-16-3,12-10-8-2)14-17-18(4,5)6/h7-14H2,1-6H3. The lowest BCUT2D eigenvalue weighted by Gasteiger charge is -2.35. The third-order valence-electron chi connectivity index (χ3n) is 3.38. The van der Waals surface area contributed by atoms with Crippen molar-refractivity contribution >= 4 is 8.32 Å². The number of unbranched alkanes of at least 4 members (excludes halogenated alkanes) is 2. The molecule has 0 saturated carbocycles. The fourth-order valence-corrected chi connectivity index (χ4v) is 2.97. The van der Waals surface area contributed by atoms with Gasteiger partial charge in [-0.1, -0.05) is 39.5 Å². The summed E-state index contributed by atoms with van der Waals surface area (Å²) in [6.07, 6.45) is 7.54. The van der Waals surface area contributed by atoms with Gasteiger partial charge in [0, 0.05) is 19.1 Å². The summed E-state index contributed by atoms with van der Waals surface area (Å²) >= 11 is 0. The minimum absolute atomic E-state index is 0.251. The quantitative estimate of drug-likeness (QED) is 0.501. The zero-order chi connectivity index (χ0) is 14.1. The summed E-state index contributed by atoms with van der Waals surface area (Å²) in [5.41, 5.74) is 0.251. The molecule has 0 heterocycles. The van der Waals surface area contributed by atoms with Crippen LogP contribution in [0.5, 0.6) is 0 Å². The van der Waals surface area contributed by atoms with Crippen molar-refractivity contribution in [3.05, 3.63) is 0 Å². The molecule has 0 fully saturated rings. The number of ether oxygens (including phenoxy) is 1. The molecule has 0 aliphatic heterocycles. The highest BCUT2D eigenvalue weighted by molar-refractivity contribution is 6.69. The van der Waals surface area contributed by atoms with Gasteiger partial charge in [0.25, 0.3) is 0 Å². The van der Waals surface area contributed by atoms with Gasteiger partial charge >= 0.3 is 0 Å². The summed E-state index contributed by atoms with van der Waals surface area (Å²) in [6.45, 7) is 13.1. The monoisotopic (exact) mass is 274 g/mol. The number of hydrogen-bond donors (Lipinski definition) is 0. The van der Waals surface area contributed by atoms with Crippen LogP contribution in [0.1, 0.15) is 52.4 Å². The summed E-state index contributed by atoms with van der Waals surface area (Å²) in [4.78, 5) is 0. The van der Waals surface area contributed by atoms with Gasteiger partial charge in [0.05, 0.1) is 6.61 Å². The lowest BCUT2D eigenvalue weighted by Crippen LogP contribution is -2.38. The van der Waals surface area contributed by atoms with E-state index in [1.165, 1.54) is 38.5 Å². The van der Waals surface area contributed by atoms with Crippen LogP contribution < -0.4 is 0 Å². The van der Waals surface area contributed by atoms with Crippen molar-refractivity contribution in [1.29, 1.82) is 0 Å². The summed E-state index contributed by atoms with van der Waals surface area (Å²) in [5.74, 6) is 0. The van der Waals surface area contributed by atoms with E-state index in [-0.39, 0.29) is 5.41 Å². The summed E-state index contributed by atoms with van der Waals surface area (Å²) in [7, 11) is 0.391. The first-order chi connectivity index (χ1) is 8.39. The second kappa shape index (κ2) is 9.11. The molecular formula is C15H34O2Si. The molecule has 0 aromatic carbocycles. The Kier molecular flexibility index (Phi) is 9.18. The zero-order valence-electron chi connectivity index (χ0n) is 13.5. The first kappa shape index (κ1) is 18.1. The van der Waals surface area contributed by atoms with Crippen LogP contribution >= 0.6 is 0 Å². The largest absolute Gasteiger partial charge is 0.417 e. The van der Waals surface area contributed by atoms with Crippen LogP contribution in [0.4, 0.5) is 0 Å². The van der Waals surface area contributed by atoms with Gasteiger partial charge in [-0.25, -0.2) is 0 Å². The van der Waals surface area contributed by atoms with Crippen molar-refractivity contribution in [2.75, 3.05) is 20.3 Å². The highest BCUT2D eigenvalue weighted by Crippen LogP contribution is 2.33. The van der Waals surface area contributed by atoms with Crippen molar-refractivity contribution in [3.8, 4) is 0 Å². The van der Waals surface area contributed by atoms with E-state index in [0.717, 1.165) is 13.2 Å². The summed E-state index contributed by atoms with van der Waals surface area (Å²) < 4.78 is 11.7. The number of rotatable bonds is 11. The highest BCUT2D eigenvalue weighted by atomic mass is 28.4. The van der Waals surface area contributed by atoms with Crippen molar-refractivity contribution in [2.45, 2.75) is 72.0 Å². The highest BCUT2D eigenvalue weighted by Gasteiger charge is 2.31. The molecule has 0 saturated heterocycles. The Morgan fingerprint density at radius 2 is 1.39 bits per heavy atom. The molecule has 0 atom stereocenters. The second-order valence-corrected chi connectivity index (χ2v) is 11.1. The first-order valence-electron chi connectivity index (χ1n) is 7.52. The fourth-order valence-electron chi connectivity index (χ4n) is 2.23. The second-order valence-electron chi connectivity index (χ2n) is 6.54. The maximum absolute atomic E-state index is 6.20. The molecule has 0 aliphatic rings. The van der Waals surface area contributed by atoms with Gasteiger partial charge in [-0.05, 0) is 32.5 Å². The van der Waals surface area contributed by atoms with Crippen LogP contribution in [0.3, 0.4) is 0 Å². The van der Waals surface area contributed by atoms with Crippen molar-refractivity contribution in [3.63, 3.8) is 0 Å². The lowest BCUT2D eigenvalue weighted by atomic mass is 9.80. The number of hydrogen-bond acceptors (Lipinski definition) is 2. The van der Waals surface area contributed by atoms with E-state index < -0.39 is 8.32 Å². The number of methoxy groups -OCH3 is 1. The van der Waals surface area contributed by atoms with Gasteiger partial charge in [0.1, 0.15) is 0 Å². The summed E-state index contributed by atoms with van der Waals surface area (Å²) in [6, 6.07) is 0. The molecule has 18 heavy (non-hydrogen) atoms. The van der Waals surface area contributed by atoms with E-state index in [2.05, 4.69) is 33.5 Å². The Morgan fingerprint density at radius 1 is 0.889 bits per heavy atom. The van der Waals surface area contributed by atoms with E-state index in [9.17, 15) is 0 Å². The Balaban J connectivity index is 4.58. The van der Waals surface area contributed by atoms with Crippen molar-refractivity contribution in [2.24, 2.45) is 5.41 Å². The zero-order valence-corrected chi connectivity index (χ0v) is 14.5. The van der Waals surface area contributed by atoms with E-state index in [0.29, 0.717) is 0 Å². The van der Waals surface area contributed by atoms with Crippen LogP contribution in [0.25, 0.3) is 0 Å². The maximum Gasteiger partial charge on any atom is 0.183 e. The smallest absolute Gasteiger partial charge is 0.183 e. The third kappa shape index (κ3) is 8.28. The van der Waals surface area contributed by atoms with Crippen LogP contribution in [0.2, 0.25) is 19.6 Å². The molecule has 0 spiro atoms. The summed E-state index contributed by atoms with van der Waals surface area (Å²) in [5, 5.41) is 0. The van der Waals surface area contributed by atoms with Gasteiger partial charge in [0.2, 0.25) is 0 Å². The van der Waals surface area contributed by atoms with Gasteiger partial charge in [0.15, 0.2) is 8.32 Å². The topological polar surface area (TPSA) is 18.5 Å². The van der Waals surface area contributed by atoms with E-state index in [1.54, 1.807) is 0 Å². The molecule has 0 aromatic rings. The molecule has 0 aromatic heterocycles. The molecule has 110 valence electrons. The van der Waals surface area contributed by atoms with Gasteiger partial charge in [-0.3, -0.25) is 0 Å². The van der Waals surface area contributed by atoms with E-state index in [1.807, 2.05) is 7.11 Å². The molecular weight excluding hydrogens is 240 g/mol. The molecule has 0 N–H and O–H groups in total. The predicted molar refractivity (Wildman–Crippen MR) is 82.7 cm³/mol. The molecule has 0 rings (SSSR count). The Bertz CT molecular complexity index is 191.